The van der Waals surface area contributed by atoms with E-state index in [-0.39, 0.29) is 64.7 Å². The Kier molecular flexibility index (Phi) is 37.3. The van der Waals surface area contributed by atoms with Crippen LogP contribution >= 0.6 is 133 Å². The van der Waals surface area contributed by atoms with Crippen molar-refractivity contribution in [3.05, 3.63) is 170 Å². The molecule has 0 aliphatic carbocycles. The normalized spacial score (nSPS) is 11.1. The Labute approximate surface area is 549 Å². The Hall–Kier alpha value is -5.72. The van der Waals surface area contributed by atoms with Crippen LogP contribution in [0.25, 0.3) is 0 Å². The van der Waals surface area contributed by atoms with E-state index in [9.17, 15) is 9.59 Å². The number of carbonyl (C=O) groups is 2. The SMILES string of the molecule is BrB(Br)Br.CN.CN1c2nc(Cl)ncc2OCC1c1ccccc1.CNc1nc(Cl)ncc1O.CNc1nc(Cl)ncc1OC.CNc1nc(Cl)ncc1OCC(=O)c1ccccc1.COc1cnc(Cl)nc1Cl.O=C(CBr)c1ccccc1. The van der Waals surface area contributed by atoms with Gasteiger partial charge in [-0.3, -0.25) is 9.59 Å². The predicted molar refractivity (Wildman–Crippen MR) is 350 cm³/mol. The lowest BCUT2D eigenvalue weighted by atomic mass is 10.1. The highest BCUT2D eigenvalue weighted by molar-refractivity contribution is 9.69. The van der Waals surface area contributed by atoms with E-state index in [2.05, 4.69) is 152 Å². The topological polar surface area (TPSA) is 286 Å². The van der Waals surface area contributed by atoms with E-state index >= 15 is 0 Å². The van der Waals surface area contributed by atoms with Gasteiger partial charge in [-0.15, -0.1) is 47.3 Å². The van der Waals surface area contributed by atoms with E-state index in [1.807, 2.05) is 61.6 Å². The lowest BCUT2D eigenvalue weighted by molar-refractivity contribution is 0.0921. The van der Waals surface area contributed by atoms with Crippen molar-refractivity contribution in [3.8, 4) is 28.7 Å². The van der Waals surface area contributed by atoms with E-state index in [1.165, 1.54) is 44.5 Å². The Balaban J connectivity index is 0.000000345. The molecule has 0 bridgehead atoms. The zero-order valence-electron chi connectivity index (χ0n) is 45.5. The highest BCUT2D eigenvalue weighted by Gasteiger charge is 2.28. The minimum Gasteiger partial charge on any atom is -0.503 e. The average Bonchev–Trinajstić information content (AvgIpc) is 3.38. The second kappa shape index (κ2) is 42.2. The first-order valence-corrected chi connectivity index (χ1v) is 29.8. The number of nitrogens with zero attached hydrogens (tertiary/aromatic N) is 11. The Morgan fingerprint density at radius 1 is 0.619 bits per heavy atom. The van der Waals surface area contributed by atoms with Gasteiger partial charge < -0.3 is 50.6 Å². The maximum absolute atomic E-state index is 11.9. The van der Waals surface area contributed by atoms with Gasteiger partial charge in [-0.2, -0.15) is 19.9 Å². The smallest absolute Gasteiger partial charge is 0.369 e. The van der Waals surface area contributed by atoms with Crippen LogP contribution in [0.3, 0.4) is 0 Å². The quantitative estimate of drug-likeness (QED) is 0.0250. The summed E-state index contributed by atoms with van der Waals surface area (Å²) in [6.45, 7) is 0.502. The molecule has 0 fully saturated rings. The van der Waals surface area contributed by atoms with Crippen molar-refractivity contribution >= 4 is 171 Å². The third kappa shape index (κ3) is 27.5. The molecule has 1 aliphatic rings. The van der Waals surface area contributed by atoms with Crippen LogP contribution in [0.4, 0.5) is 23.3 Å². The highest BCUT2D eigenvalue weighted by Crippen LogP contribution is 2.36. The molecule has 5 aromatic heterocycles. The standard InChI is InChI=1S/C13H12ClN3O2.C13H12ClN3O.C8H7BrO.C6H8ClN3O.C5H4Cl2N2O.C5H6ClN3O.CH5N.BBr3/c1-15-12-11(7-16-13(14)17-12)19-8-10(18)9-5-3-2-4-6-9;1-17-10(9-5-3-2-4-6-9)8-18-11-7-15-13(14)16-12(11)17;9-6-8(10)7-4-2-1-3-5-7;1-8-5-4(11-2)3-9-6(7)10-5;1-10-3-2-8-5(7)9-4(3)6;1-7-4-3(10)2-8-5(6)9-4;1-2;2-1(3)4/h2-7H,8H2,1H3,(H,15,16,17);2-7,10H,8H2,1H3;1-5H,6H2;3H,1-2H3,(H,8,9,10);2H,1H3;2,10H,1H3,(H,7,8,9);2H2,1H3;. The van der Waals surface area contributed by atoms with Gasteiger partial charge in [-0.05, 0) is 70.6 Å². The van der Waals surface area contributed by atoms with E-state index in [1.54, 1.807) is 58.7 Å². The number of fused-ring (bicyclic) bond motifs is 1. The number of hydrogen-bond acceptors (Lipinski definition) is 22. The van der Waals surface area contributed by atoms with E-state index < -0.39 is 0 Å². The van der Waals surface area contributed by atoms with E-state index in [0.29, 0.717) is 58.0 Å². The fourth-order valence-corrected chi connectivity index (χ4v) is 7.22. The molecule has 33 heteroatoms. The number of rotatable bonds is 12. The lowest BCUT2D eigenvalue weighted by Gasteiger charge is -2.34. The second-order valence-electron chi connectivity index (χ2n) is 15.0. The number of likely N-dealkylation sites (N-methyl/N-ethyl adjacent to an activating group) is 1. The van der Waals surface area contributed by atoms with Crippen LogP contribution in [0.2, 0.25) is 31.6 Å². The molecular weight excluding hydrogens is 1480 g/mol. The maximum Gasteiger partial charge on any atom is 0.369 e. The summed E-state index contributed by atoms with van der Waals surface area (Å²) in [6.07, 6.45) is 7.21. The predicted octanol–water partition coefficient (Wildman–Crippen LogP) is 13.0. The minimum atomic E-state index is -0.113. The number of ether oxygens (including phenoxy) is 4. The summed E-state index contributed by atoms with van der Waals surface area (Å²) in [4.78, 5) is 63.0. The fraction of sp³-hybridized carbons (Fsp3) is 0.216. The number of anilines is 4. The minimum absolute atomic E-state index is 0.00750. The Morgan fingerprint density at radius 2 is 1.02 bits per heavy atom. The Morgan fingerprint density at radius 3 is 1.49 bits per heavy atom. The van der Waals surface area contributed by atoms with Crippen LogP contribution < -0.4 is 45.5 Å². The molecule has 6 heterocycles. The molecule has 1 aliphatic heterocycles. The van der Waals surface area contributed by atoms with Crippen molar-refractivity contribution in [2.45, 2.75) is 6.04 Å². The number of nitrogens with one attached hydrogen (secondary N) is 3. The van der Waals surface area contributed by atoms with Gasteiger partial charge in [0.05, 0.1) is 56.6 Å². The molecule has 0 radical (unpaired) electrons. The number of carbonyl (C=O) groups excluding carboxylic acids is 2. The number of methoxy groups -OCH3 is 2. The Bertz CT molecular complexity index is 3220. The molecule has 3 aromatic carbocycles. The lowest BCUT2D eigenvalue weighted by Crippen LogP contribution is -2.34. The molecule has 448 valence electrons. The van der Waals surface area contributed by atoms with Crippen LogP contribution in [0.1, 0.15) is 32.3 Å². The van der Waals surface area contributed by atoms with E-state index in [4.69, 9.17) is 93.7 Å². The number of Topliss-reactive ketones (excluding diaryl/α,β-unsaturated/α-hetero) is 2. The van der Waals surface area contributed by atoms with Crippen molar-refractivity contribution in [1.82, 2.24) is 49.8 Å². The first-order valence-electron chi connectivity index (χ1n) is 23.6. The van der Waals surface area contributed by atoms with Crippen LogP contribution in [0.15, 0.2) is 122 Å². The number of nitrogens with two attached hydrogens (primary N) is 1. The summed E-state index contributed by atoms with van der Waals surface area (Å²) >= 11 is 45.9. The van der Waals surface area contributed by atoms with Crippen LogP contribution in [-0.2, 0) is 0 Å². The van der Waals surface area contributed by atoms with Crippen molar-refractivity contribution in [3.63, 3.8) is 0 Å². The third-order valence-corrected chi connectivity index (χ3v) is 11.5. The molecule has 0 spiro atoms. The van der Waals surface area contributed by atoms with Crippen molar-refractivity contribution in [1.29, 1.82) is 0 Å². The molecule has 9 rings (SSSR count). The third-order valence-electron chi connectivity index (χ3n) is 9.79. The van der Waals surface area contributed by atoms with Gasteiger partial charge >= 0.3 is 3.18 Å². The largest absolute Gasteiger partial charge is 0.503 e. The molecule has 0 amide bonds. The summed E-state index contributed by atoms with van der Waals surface area (Å²) in [6, 6.07) is 28.5. The number of aromatic nitrogens is 10. The average molecular weight is 1530 g/mol. The molecule has 1 atom stereocenters. The van der Waals surface area contributed by atoms with Crippen molar-refractivity contribution in [2.24, 2.45) is 5.73 Å². The summed E-state index contributed by atoms with van der Waals surface area (Å²) in [5.41, 5.74) is 7.06. The summed E-state index contributed by atoms with van der Waals surface area (Å²) in [5, 5.41) is 18.7. The molecule has 22 nitrogen and oxygen atoms in total. The van der Waals surface area contributed by atoms with Gasteiger partial charge in [0, 0.05) is 39.3 Å². The second-order valence-corrected chi connectivity index (χ2v) is 24.0. The van der Waals surface area contributed by atoms with Gasteiger partial charge in [-0.1, -0.05) is 119 Å². The molecule has 6 N–H and O–H groups in total. The van der Waals surface area contributed by atoms with Gasteiger partial charge in [0.25, 0.3) is 0 Å². The van der Waals surface area contributed by atoms with Crippen LogP contribution in [-0.4, -0.2) is 138 Å². The highest BCUT2D eigenvalue weighted by atomic mass is 79.9. The van der Waals surface area contributed by atoms with Crippen molar-refractivity contribution in [2.75, 3.05) is 88.9 Å². The molecule has 1 unspecified atom stereocenters. The zero-order chi connectivity index (χ0) is 62.6. The molecule has 0 saturated carbocycles. The first-order chi connectivity index (χ1) is 40.3. The van der Waals surface area contributed by atoms with E-state index in [0.717, 1.165) is 11.4 Å². The first kappa shape index (κ1) is 74.4. The van der Waals surface area contributed by atoms with Gasteiger partial charge in [-0.25, -0.2) is 29.9 Å². The summed E-state index contributed by atoms with van der Waals surface area (Å²) < 4.78 is 21.1. The number of halogens is 10. The molecule has 84 heavy (non-hydrogen) atoms. The van der Waals surface area contributed by atoms with Gasteiger partial charge in [0.15, 0.2) is 75.3 Å². The molecular formula is C51H54BBr4Cl6N15O7. The zero-order valence-corrected chi connectivity index (χ0v) is 56.4. The summed E-state index contributed by atoms with van der Waals surface area (Å²) in [5.74, 6) is 4.17. The number of alkyl halides is 1. The molecule has 8 aromatic rings. The molecule has 0 saturated heterocycles. The van der Waals surface area contributed by atoms with Gasteiger partial charge in [0.2, 0.25) is 26.4 Å². The monoisotopic (exact) mass is 1520 g/mol. The number of aromatic hydroxyl groups is 1. The van der Waals surface area contributed by atoms with Crippen molar-refractivity contribution < 1.29 is 33.6 Å². The van der Waals surface area contributed by atoms with Gasteiger partial charge in [0.1, 0.15) is 6.61 Å². The number of ketones is 2. The van der Waals surface area contributed by atoms with Crippen LogP contribution in [0, 0.1) is 0 Å². The number of benzene rings is 3. The number of hydrogen-bond donors (Lipinski definition) is 5. The summed E-state index contributed by atoms with van der Waals surface area (Å²) in [7, 11) is 11.6. The fourth-order valence-electron chi connectivity index (χ4n) is 5.99. The maximum atomic E-state index is 11.9. The van der Waals surface area contributed by atoms with Crippen LogP contribution in [0.5, 0.6) is 28.7 Å².